The van der Waals surface area contributed by atoms with Crippen molar-refractivity contribution in [1.82, 2.24) is 0 Å². The summed E-state index contributed by atoms with van der Waals surface area (Å²) >= 11 is 3.23. The number of carbonyl (C=O) groups is 2. The van der Waals surface area contributed by atoms with Crippen LogP contribution in [0.2, 0.25) is 0 Å². The zero-order valence-corrected chi connectivity index (χ0v) is 11.4. The van der Waals surface area contributed by atoms with Crippen LogP contribution in [0.5, 0.6) is 0 Å². The first-order valence-corrected chi connectivity index (χ1v) is 6.67. The van der Waals surface area contributed by atoms with Gasteiger partial charge in [0.15, 0.2) is 0 Å². The minimum Gasteiger partial charge on any atom is -0.478 e. The van der Waals surface area contributed by atoms with Crippen molar-refractivity contribution in [1.29, 1.82) is 0 Å². The first kappa shape index (κ1) is 13.1. The molecule has 1 aliphatic rings. The van der Waals surface area contributed by atoms with E-state index in [0.717, 1.165) is 12.8 Å². The summed E-state index contributed by atoms with van der Waals surface area (Å²) in [4.78, 5) is 22.6. The summed E-state index contributed by atoms with van der Waals surface area (Å²) in [6, 6.07) is 4.67. The molecule has 1 fully saturated rings. The molecule has 0 bridgehead atoms. The van der Waals surface area contributed by atoms with Gasteiger partial charge in [0.25, 0.3) is 0 Å². The van der Waals surface area contributed by atoms with Gasteiger partial charge >= 0.3 is 5.97 Å². The highest BCUT2D eigenvalue weighted by atomic mass is 79.9. The zero-order valence-electron chi connectivity index (χ0n) is 9.78. The van der Waals surface area contributed by atoms with E-state index < -0.39 is 5.97 Å². The summed E-state index contributed by atoms with van der Waals surface area (Å²) in [5.74, 6) is -0.559. The van der Waals surface area contributed by atoms with Crippen molar-refractivity contribution >= 4 is 33.5 Å². The Morgan fingerprint density at radius 1 is 1.33 bits per heavy atom. The molecule has 0 saturated heterocycles. The third-order valence-electron chi connectivity index (χ3n) is 3.13. The average Bonchev–Trinajstić information content (AvgIpc) is 2.22. The van der Waals surface area contributed by atoms with Gasteiger partial charge in [0.1, 0.15) is 0 Å². The van der Waals surface area contributed by atoms with Crippen LogP contribution < -0.4 is 5.32 Å². The van der Waals surface area contributed by atoms with Gasteiger partial charge < -0.3 is 10.4 Å². The molecule has 0 aliphatic heterocycles. The minimum absolute atomic E-state index is 0.0471. The van der Waals surface area contributed by atoms with Crippen molar-refractivity contribution < 1.29 is 14.7 Å². The summed E-state index contributed by atoms with van der Waals surface area (Å²) in [6.07, 6.45) is 3.96. The quantitative estimate of drug-likeness (QED) is 0.896. The van der Waals surface area contributed by atoms with E-state index in [9.17, 15) is 9.59 Å². The van der Waals surface area contributed by atoms with Crippen LogP contribution >= 0.6 is 15.9 Å². The average molecular weight is 312 g/mol. The van der Waals surface area contributed by atoms with Gasteiger partial charge in [-0.3, -0.25) is 4.79 Å². The number of anilines is 1. The second-order valence-electron chi connectivity index (χ2n) is 4.58. The molecule has 1 aromatic rings. The number of halogens is 1. The first-order valence-electron chi connectivity index (χ1n) is 5.88. The third kappa shape index (κ3) is 3.32. The molecule has 5 heteroatoms. The van der Waals surface area contributed by atoms with Gasteiger partial charge in [-0.25, -0.2) is 4.79 Å². The summed E-state index contributed by atoms with van der Waals surface area (Å²) in [5, 5.41) is 11.7. The molecule has 0 atom stereocenters. The Morgan fingerprint density at radius 2 is 2.06 bits per heavy atom. The van der Waals surface area contributed by atoms with Crippen LogP contribution in [-0.4, -0.2) is 17.0 Å². The lowest BCUT2D eigenvalue weighted by molar-refractivity contribution is -0.117. The Hall–Kier alpha value is -1.36. The number of carboxylic acids is 1. The Balaban J connectivity index is 2.03. The first-order chi connectivity index (χ1) is 8.54. The Kier molecular flexibility index (Phi) is 4.01. The van der Waals surface area contributed by atoms with Gasteiger partial charge in [-0.15, -0.1) is 0 Å². The number of aromatic carboxylic acids is 1. The minimum atomic E-state index is -1.01. The lowest BCUT2D eigenvalue weighted by Gasteiger charge is -2.24. The van der Waals surface area contributed by atoms with Gasteiger partial charge in [0.2, 0.25) is 5.91 Å². The Labute approximate surface area is 114 Å². The Morgan fingerprint density at radius 3 is 2.61 bits per heavy atom. The lowest BCUT2D eigenvalue weighted by Crippen LogP contribution is -2.21. The van der Waals surface area contributed by atoms with Crippen LogP contribution in [-0.2, 0) is 4.79 Å². The maximum absolute atomic E-state index is 11.7. The highest BCUT2D eigenvalue weighted by Crippen LogP contribution is 2.29. The molecule has 0 heterocycles. The maximum atomic E-state index is 11.7. The topological polar surface area (TPSA) is 66.4 Å². The van der Waals surface area contributed by atoms with E-state index in [0.29, 0.717) is 22.5 Å². The molecule has 4 nitrogen and oxygen atoms in total. The fourth-order valence-electron chi connectivity index (χ4n) is 1.96. The van der Waals surface area contributed by atoms with E-state index in [2.05, 4.69) is 21.2 Å². The standard InChI is InChI=1S/C13H14BrNO3/c14-10-5-9(13(17)18)6-11(7-10)15-12(16)4-8-2-1-3-8/h5-8H,1-4H2,(H,15,16)(H,17,18). The number of hydrogen-bond acceptors (Lipinski definition) is 2. The molecule has 1 aliphatic carbocycles. The molecule has 0 spiro atoms. The van der Waals surface area contributed by atoms with Gasteiger partial charge in [-0.1, -0.05) is 22.4 Å². The number of benzene rings is 1. The van der Waals surface area contributed by atoms with Gasteiger partial charge in [-0.05, 0) is 37.0 Å². The van der Waals surface area contributed by atoms with Crippen LogP contribution in [0.1, 0.15) is 36.0 Å². The fraction of sp³-hybridized carbons (Fsp3) is 0.385. The fourth-order valence-corrected chi connectivity index (χ4v) is 2.45. The normalized spacial score (nSPS) is 14.9. The van der Waals surface area contributed by atoms with Gasteiger partial charge in [-0.2, -0.15) is 0 Å². The smallest absolute Gasteiger partial charge is 0.335 e. The number of hydrogen-bond donors (Lipinski definition) is 2. The molecular weight excluding hydrogens is 298 g/mol. The van der Waals surface area contributed by atoms with E-state index in [4.69, 9.17) is 5.11 Å². The van der Waals surface area contributed by atoms with Crippen molar-refractivity contribution in [2.24, 2.45) is 5.92 Å². The van der Waals surface area contributed by atoms with E-state index in [1.54, 1.807) is 6.07 Å². The van der Waals surface area contributed by atoms with Gasteiger partial charge in [0.05, 0.1) is 5.56 Å². The van der Waals surface area contributed by atoms with Crippen LogP contribution in [0.15, 0.2) is 22.7 Å². The number of carbonyl (C=O) groups excluding carboxylic acids is 1. The van der Waals surface area contributed by atoms with E-state index >= 15 is 0 Å². The van der Waals surface area contributed by atoms with E-state index in [1.807, 2.05) is 0 Å². The van der Waals surface area contributed by atoms with Crippen LogP contribution in [0.4, 0.5) is 5.69 Å². The molecule has 2 rings (SSSR count). The molecule has 18 heavy (non-hydrogen) atoms. The highest BCUT2D eigenvalue weighted by molar-refractivity contribution is 9.10. The number of nitrogens with one attached hydrogen (secondary N) is 1. The van der Waals surface area contributed by atoms with E-state index in [-0.39, 0.29) is 11.5 Å². The van der Waals surface area contributed by atoms with Crippen LogP contribution in [0.25, 0.3) is 0 Å². The maximum Gasteiger partial charge on any atom is 0.335 e. The van der Waals surface area contributed by atoms with Crippen LogP contribution in [0.3, 0.4) is 0 Å². The molecule has 1 amide bonds. The molecule has 1 saturated carbocycles. The third-order valence-corrected chi connectivity index (χ3v) is 3.59. The molecule has 96 valence electrons. The van der Waals surface area contributed by atoms with Crippen molar-refractivity contribution in [2.45, 2.75) is 25.7 Å². The van der Waals surface area contributed by atoms with Crippen molar-refractivity contribution in [2.75, 3.05) is 5.32 Å². The van der Waals surface area contributed by atoms with Crippen molar-refractivity contribution in [3.63, 3.8) is 0 Å². The second kappa shape index (κ2) is 5.52. The van der Waals surface area contributed by atoms with Gasteiger partial charge in [0, 0.05) is 16.6 Å². The molecule has 1 aromatic carbocycles. The summed E-state index contributed by atoms with van der Waals surface area (Å²) in [7, 11) is 0. The predicted molar refractivity (Wildman–Crippen MR) is 71.7 cm³/mol. The Bertz CT molecular complexity index is 483. The molecule has 2 N–H and O–H groups in total. The molecule has 0 unspecified atom stereocenters. The van der Waals surface area contributed by atoms with E-state index in [1.165, 1.54) is 18.6 Å². The molecular formula is C13H14BrNO3. The molecule has 0 radical (unpaired) electrons. The highest BCUT2D eigenvalue weighted by Gasteiger charge is 2.20. The summed E-state index contributed by atoms with van der Waals surface area (Å²) in [5.41, 5.74) is 0.675. The summed E-state index contributed by atoms with van der Waals surface area (Å²) < 4.78 is 0.640. The van der Waals surface area contributed by atoms with Crippen LogP contribution in [0, 0.1) is 5.92 Å². The SMILES string of the molecule is O=C(CC1CCC1)Nc1cc(Br)cc(C(=O)O)c1. The summed E-state index contributed by atoms with van der Waals surface area (Å²) in [6.45, 7) is 0. The number of amides is 1. The van der Waals surface area contributed by atoms with Crippen molar-refractivity contribution in [3.8, 4) is 0 Å². The van der Waals surface area contributed by atoms with Crippen molar-refractivity contribution in [3.05, 3.63) is 28.2 Å². The predicted octanol–water partition coefficient (Wildman–Crippen LogP) is 3.28. The zero-order chi connectivity index (χ0) is 13.1. The lowest BCUT2D eigenvalue weighted by atomic mass is 9.83. The number of carboxylic acid groups (broad SMARTS) is 1. The molecule has 0 aromatic heterocycles. The second-order valence-corrected chi connectivity index (χ2v) is 5.50. The number of rotatable bonds is 4. The largest absolute Gasteiger partial charge is 0.478 e. The monoisotopic (exact) mass is 311 g/mol.